The van der Waals surface area contributed by atoms with Crippen LogP contribution in [-0.2, 0) is 6.54 Å². The van der Waals surface area contributed by atoms with Gasteiger partial charge in [0.15, 0.2) is 0 Å². The molecule has 1 atom stereocenters. The number of benzene rings is 1. The van der Waals surface area contributed by atoms with Crippen LogP contribution in [0.2, 0.25) is 0 Å². The molecule has 0 bridgehead atoms. The van der Waals surface area contributed by atoms with Gasteiger partial charge < -0.3 is 5.11 Å². The molecule has 0 spiro atoms. The summed E-state index contributed by atoms with van der Waals surface area (Å²) in [5.74, 6) is 0.398. The average molecular weight is 313 g/mol. The molecule has 2 nitrogen and oxygen atoms in total. The molecule has 1 saturated heterocycles. The molecule has 0 radical (unpaired) electrons. The number of hydrogen-bond acceptors (Lipinski definition) is 3. The van der Waals surface area contributed by atoms with Gasteiger partial charge in [0, 0.05) is 11.4 Å². The number of hydrogen-bond donors (Lipinski definition) is 1. The molecule has 1 fully saturated rings. The number of nitrogens with zero attached hydrogens (tertiary/aromatic N) is 1. The first-order valence-electron chi connectivity index (χ1n) is 7.91. The van der Waals surface area contributed by atoms with Crippen molar-refractivity contribution >= 4 is 17.4 Å². The molecule has 3 rings (SSSR count). The van der Waals surface area contributed by atoms with Gasteiger partial charge in [0.25, 0.3) is 0 Å². The molecule has 1 aromatic heterocycles. The molecule has 1 aromatic carbocycles. The average Bonchev–Trinajstić information content (AvgIpc) is 3.09. The molecule has 2 heterocycles. The maximum Gasteiger partial charge on any atom is 0.0910 e. The molecule has 1 N–H and O–H groups in total. The van der Waals surface area contributed by atoms with Gasteiger partial charge >= 0.3 is 0 Å². The fourth-order valence-electron chi connectivity index (χ4n) is 3.20. The number of likely N-dealkylation sites (tertiary alicyclic amines) is 1. The Morgan fingerprint density at radius 1 is 1.27 bits per heavy atom. The lowest BCUT2D eigenvalue weighted by Gasteiger charge is -2.34. The Bertz CT molecular complexity index is 600. The van der Waals surface area contributed by atoms with Crippen LogP contribution in [-0.4, -0.2) is 23.1 Å². The quantitative estimate of drug-likeness (QED) is 0.888. The summed E-state index contributed by atoms with van der Waals surface area (Å²) in [5.41, 5.74) is 2.52. The molecule has 1 aliphatic heterocycles. The molecule has 1 unspecified atom stereocenters. The van der Waals surface area contributed by atoms with Crippen LogP contribution in [0.15, 0.2) is 48.4 Å². The van der Waals surface area contributed by atoms with Gasteiger partial charge in [0.05, 0.1) is 6.10 Å². The second-order valence-electron chi connectivity index (χ2n) is 6.02. The summed E-state index contributed by atoms with van der Waals surface area (Å²) >= 11 is 1.66. The van der Waals surface area contributed by atoms with Crippen LogP contribution in [0.4, 0.5) is 0 Å². The van der Waals surface area contributed by atoms with Crippen molar-refractivity contribution in [2.45, 2.75) is 25.5 Å². The van der Waals surface area contributed by atoms with Gasteiger partial charge in [-0.15, -0.1) is 11.3 Å². The highest BCUT2D eigenvalue weighted by molar-refractivity contribution is 7.10. The Hall–Kier alpha value is -1.42. The summed E-state index contributed by atoms with van der Waals surface area (Å²) in [6, 6.07) is 12.6. The number of thiophene rings is 1. The van der Waals surface area contributed by atoms with E-state index >= 15 is 0 Å². The zero-order chi connectivity index (χ0) is 15.4. The van der Waals surface area contributed by atoms with Gasteiger partial charge in [-0.05, 0) is 54.4 Å². The van der Waals surface area contributed by atoms with E-state index in [1.165, 1.54) is 11.1 Å². The summed E-state index contributed by atoms with van der Waals surface area (Å²) in [6.45, 7) is 6.94. The molecule has 116 valence electrons. The van der Waals surface area contributed by atoms with E-state index in [0.717, 1.165) is 37.4 Å². The van der Waals surface area contributed by atoms with Crippen molar-refractivity contribution in [3.8, 4) is 0 Å². The maximum atomic E-state index is 10.5. The third-order valence-electron chi connectivity index (χ3n) is 4.51. The molecular weight excluding hydrogens is 290 g/mol. The van der Waals surface area contributed by atoms with Crippen molar-refractivity contribution in [2.24, 2.45) is 5.92 Å². The Morgan fingerprint density at radius 2 is 2.09 bits per heavy atom. The van der Waals surface area contributed by atoms with Crippen LogP contribution < -0.4 is 0 Å². The van der Waals surface area contributed by atoms with Gasteiger partial charge in [0.1, 0.15) is 0 Å². The zero-order valence-electron chi connectivity index (χ0n) is 12.8. The van der Waals surface area contributed by atoms with Crippen molar-refractivity contribution in [3.63, 3.8) is 0 Å². The number of aliphatic hydroxyl groups excluding tert-OH is 1. The Kier molecular flexibility index (Phi) is 5.08. The van der Waals surface area contributed by atoms with E-state index in [2.05, 4.69) is 35.7 Å². The van der Waals surface area contributed by atoms with Crippen molar-refractivity contribution in [3.05, 3.63) is 64.4 Å². The van der Waals surface area contributed by atoms with E-state index in [-0.39, 0.29) is 6.10 Å². The molecule has 0 amide bonds. The van der Waals surface area contributed by atoms with Crippen LogP contribution >= 0.6 is 11.3 Å². The molecule has 2 aromatic rings. The highest BCUT2D eigenvalue weighted by atomic mass is 32.1. The fourth-order valence-corrected chi connectivity index (χ4v) is 4.00. The first-order valence-corrected chi connectivity index (χ1v) is 8.79. The van der Waals surface area contributed by atoms with Gasteiger partial charge in [-0.3, -0.25) is 4.90 Å². The van der Waals surface area contributed by atoms with Crippen LogP contribution in [0.1, 0.15) is 34.9 Å². The zero-order valence-corrected chi connectivity index (χ0v) is 13.6. The van der Waals surface area contributed by atoms with Gasteiger partial charge in [-0.1, -0.05) is 43.0 Å². The lowest BCUT2D eigenvalue weighted by molar-refractivity contribution is 0.0591. The molecule has 0 saturated carbocycles. The standard InChI is InChI=1S/C19H23NOS/c1-2-15-5-3-6-16(13-15)14-20-10-8-17(9-11-20)19(21)18-7-4-12-22-18/h2-7,12-13,17,19,21H,1,8-11,14H2. The predicted octanol–water partition coefficient (Wildman–Crippen LogP) is 4.34. The summed E-state index contributed by atoms with van der Waals surface area (Å²) in [4.78, 5) is 3.59. The smallest absolute Gasteiger partial charge is 0.0910 e. The summed E-state index contributed by atoms with van der Waals surface area (Å²) < 4.78 is 0. The second kappa shape index (κ2) is 7.23. The topological polar surface area (TPSA) is 23.5 Å². The predicted molar refractivity (Wildman–Crippen MR) is 93.8 cm³/mol. The fraction of sp³-hybridized carbons (Fsp3) is 0.368. The molecule has 1 aliphatic rings. The normalized spacial score (nSPS) is 18.2. The van der Waals surface area contributed by atoms with E-state index in [4.69, 9.17) is 0 Å². The molecular formula is C19H23NOS. The first-order chi connectivity index (χ1) is 10.8. The molecule has 0 aliphatic carbocycles. The van der Waals surface area contributed by atoms with E-state index in [0.29, 0.717) is 5.92 Å². The van der Waals surface area contributed by atoms with Crippen LogP contribution in [0.3, 0.4) is 0 Å². The third kappa shape index (κ3) is 3.67. The number of aliphatic hydroxyl groups is 1. The van der Waals surface area contributed by atoms with E-state index in [1.807, 2.05) is 23.6 Å². The van der Waals surface area contributed by atoms with Crippen molar-refractivity contribution in [1.82, 2.24) is 4.90 Å². The summed E-state index contributed by atoms with van der Waals surface area (Å²) in [7, 11) is 0. The van der Waals surface area contributed by atoms with E-state index in [9.17, 15) is 5.11 Å². The first kappa shape index (κ1) is 15.5. The number of piperidine rings is 1. The Labute approximate surface area is 136 Å². The van der Waals surface area contributed by atoms with Crippen LogP contribution in [0.25, 0.3) is 6.08 Å². The van der Waals surface area contributed by atoms with Crippen molar-refractivity contribution in [2.75, 3.05) is 13.1 Å². The van der Waals surface area contributed by atoms with Crippen LogP contribution in [0.5, 0.6) is 0 Å². The largest absolute Gasteiger partial charge is 0.387 e. The molecule has 22 heavy (non-hydrogen) atoms. The highest BCUT2D eigenvalue weighted by Gasteiger charge is 2.26. The minimum Gasteiger partial charge on any atom is -0.387 e. The van der Waals surface area contributed by atoms with Crippen molar-refractivity contribution in [1.29, 1.82) is 0 Å². The Balaban J connectivity index is 1.54. The molecule has 3 heteroatoms. The van der Waals surface area contributed by atoms with Gasteiger partial charge in [-0.25, -0.2) is 0 Å². The number of rotatable bonds is 5. The minimum absolute atomic E-state index is 0.286. The van der Waals surface area contributed by atoms with Gasteiger partial charge in [0.2, 0.25) is 0 Å². The lowest BCUT2D eigenvalue weighted by Crippen LogP contribution is -2.35. The minimum atomic E-state index is -0.286. The highest BCUT2D eigenvalue weighted by Crippen LogP contribution is 2.33. The van der Waals surface area contributed by atoms with Crippen molar-refractivity contribution < 1.29 is 5.11 Å². The summed E-state index contributed by atoms with van der Waals surface area (Å²) in [5, 5.41) is 12.5. The SMILES string of the molecule is C=Cc1cccc(CN2CCC(C(O)c3cccs3)CC2)c1. The Morgan fingerprint density at radius 3 is 2.77 bits per heavy atom. The van der Waals surface area contributed by atoms with Gasteiger partial charge in [-0.2, -0.15) is 0 Å². The van der Waals surface area contributed by atoms with E-state index < -0.39 is 0 Å². The second-order valence-corrected chi connectivity index (χ2v) is 7.00. The third-order valence-corrected chi connectivity index (χ3v) is 5.45. The maximum absolute atomic E-state index is 10.5. The monoisotopic (exact) mass is 313 g/mol. The lowest BCUT2D eigenvalue weighted by atomic mass is 9.90. The summed E-state index contributed by atoms with van der Waals surface area (Å²) in [6.07, 6.45) is 3.75. The van der Waals surface area contributed by atoms with E-state index in [1.54, 1.807) is 11.3 Å². The van der Waals surface area contributed by atoms with Crippen LogP contribution in [0, 0.1) is 5.92 Å².